The minimum Gasteiger partial charge on any atom is -0.508 e. The maximum Gasteiger partial charge on any atom is 0.116 e. The summed E-state index contributed by atoms with van der Waals surface area (Å²) < 4.78 is 0. The summed E-state index contributed by atoms with van der Waals surface area (Å²) in [5.74, 6) is 0.361. The molecule has 0 aromatic heterocycles. The molecule has 0 atom stereocenters. The van der Waals surface area contributed by atoms with Crippen LogP contribution in [0.5, 0.6) is 5.75 Å². The first kappa shape index (κ1) is 17.2. The smallest absolute Gasteiger partial charge is 0.116 e. The van der Waals surface area contributed by atoms with Crippen molar-refractivity contribution in [2.24, 2.45) is 0 Å². The molecular weight excluding hydrogens is 256 g/mol. The molecule has 2 heteroatoms. The molecule has 0 saturated heterocycles. The Bertz CT molecular complexity index is 395. The fourth-order valence-corrected chi connectivity index (χ4v) is 1.54. The zero-order chi connectivity index (χ0) is 12.9. The van der Waals surface area contributed by atoms with E-state index in [1.807, 2.05) is 25.1 Å². The van der Waals surface area contributed by atoms with Gasteiger partial charge in [-0.15, -0.1) is 6.42 Å². The molecule has 0 radical (unpaired) electrons. The zero-order valence-electron chi connectivity index (χ0n) is 11.6. The van der Waals surface area contributed by atoms with Crippen molar-refractivity contribution < 1.29 is 26.8 Å². The van der Waals surface area contributed by atoms with E-state index in [-0.39, 0.29) is 27.1 Å². The summed E-state index contributed by atoms with van der Waals surface area (Å²) in [6.45, 7) is 8.42. The fraction of sp³-hybridized carbons (Fsp3) is 0.375. The second-order valence-electron chi connectivity index (χ2n) is 5.31. The summed E-state index contributed by atoms with van der Waals surface area (Å²) in [7, 11) is 0. The van der Waals surface area contributed by atoms with Crippen LogP contribution in [-0.2, 0) is 27.1 Å². The van der Waals surface area contributed by atoms with Crippen LogP contribution in [0.2, 0.25) is 0 Å². The third-order valence-electron chi connectivity index (χ3n) is 2.51. The van der Waals surface area contributed by atoms with Crippen molar-refractivity contribution in [2.75, 3.05) is 0 Å². The quantitative estimate of drug-likeness (QED) is 0.553. The zero-order valence-corrected chi connectivity index (χ0v) is 13.2. The summed E-state index contributed by atoms with van der Waals surface area (Å²) in [6, 6.07) is 5.71. The SMILES string of the molecule is Cc1cc(O)cc(C(C)(C)C)c1.[C-]1=CC=CC1.[Ti]. The number of aryl methyl sites for hydroxylation is 1. The number of hydrogen-bond donors (Lipinski definition) is 1. The number of benzene rings is 1. The molecule has 0 fully saturated rings. The molecule has 0 bridgehead atoms. The molecule has 1 aromatic rings. The summed E-state index contributed by atoms with van der Waals surface area (Å²) in [5, 5.41) is 9.36. The van der Waals surface area contributed by atoms with Crippen LogP contribution in [0.25, 0.3) is 0 Å². The Hall–Kier alpha value is -0.786. The van der Waals surface area contributed by atoms with Gasteiger partial charge in [-0.05, 0) is 35.6 Å². The van der Waals surface area contributed by atoms with Gasteiger partial charge in [0.05, 0.1) is 0 Å². The first-order valence-electron chi connectivity index (χ1n) is 5.92. The molecule has 0 heterocycles. The third-order valence-corrected chi connectivity index (χ3v) is 2.51. The van der Waals surface area contributed by atoms with Crippen molar-refractivity contribution in [3.8, 4) is 5.75 Å². The van der Waals surface area contributed by atoms with Crippen molar-refractivity contribution >= 4 is 0 Å². The Morgan fingerprint density at radius 3 is 2.17 bits per heavy atom. The maximum atomic E-state index is 9.36. The maximum absolute atomic E-state index is 9.36. The van der Waals surface area contributed by atoms with Crippen LogP contribution in [-0.4, -0.2) is 5.11 Å². The number of aromatic hydroxyl groups is 1. The van der Waals surface area contributed by atoms with Crippen LogP contribution in [0.15, 0.2) is 36.4 Å². The third kappa shape index (κ3) is 6.23. The van der Waals surface area contributed by atoms with Gasteiger partial charge >= 0.3 is 0 Å². The van der Waals surface area contributed by atoms with Crippen molar-refractivity contribution in [1.82, 2.24) is 0 Å². The molecule has 2 rings (SSSR count). The van der Waals surface area contributed by atoms with Crippen molar-refractivity contribution in [1.29, 1.82) is 0 Å². The van der Waals surface area contributed by atoms with E-state index in [0.717, 1.165) is 12.0 Å². The van der Waals surface area contributed by atoms with E-state index in [9.17, 15) is 5.11 Å². The van der Waals surface area contributed by atoms with E-state index >= 15 is 0 Å². The van der Waals surface area contributed by atoms with Crippen LogP contribution in [0, 0.1) is 13.0 Å². The van der Waals surface area contributed by atoms with E-state index in [4.69, 9.17) is 0 Å². The first-order valence-corrected chi connectivity index (χ1v) is 5.92. The largest absolute Gasteiger partial charge is 0.508 e. The molecule has 96 valence electrons. The van der Waals surface area contributed by atoms with Gasteiger partial charge in [-0.2, -0.15) is 6.08 Å². The minimum absolute atomic E-state index is 0. The Labute approximate surface area is 126 Å². The topological polar surface area (TPSA) is 20.2 Å². The molecular formula is C16H21OTi-. The van der Waals surface area contributed by atoms with Crippen LogP contribution in [0.1, 0.15) is 38.3 Å². The van der Waals surface area contributed by atoms with Crippen LogP contribution < -0.4 is 0 Å². The molecule has 0 saturated carbocycles. The number of phenolic OH excluding ortho intramolecular Hbond substituents is 1. The second-order valence-corrected chi connectivity index (χ2v) is 5.31. The normalized spacial score (nSPS) is 12.7. The van der Waals surface area contributed by atoms with Crippen molar-refractivity contribution in [2.45, 2.75) is 39.5 Å². The van der Waals surface area contributed by atoms with Gasteiger partial charge < -0.3 is 5.11 Å². The molecule has 1 nitrogen and oxygen atoms in total. The number of hydrogen-bond acceptors (Lipinski definition) is 1. The van der Waals surface area contributed by atoms with Gasteiger partial charge in [0, 0.05) is 21.7 Å². The van der Waals surface area contributed by atoms with Crippen LogP contribution in [0.4, 0.5) is 0 Å². The Morgan fingerprint density at radius 1 is 1.17 bits per heavy atom. The number of rotatable bonds is 0. The van der Waals surface area contributed by atoms with E-state index in [0.29, 0.717) is 5.75 Å². The van der Waals surface area contributed by atoms with Crippen LogP contribution in [0.3, 0.4) is 0 Å². The van der Waals surface area contributed by atoms with E-state index in [2.05, 4.69) is 39.0 Å². The fourth-order valence-electron chi connectivity index (χ4n) is 1.54. The van der Waals surface area contributed by atoms with Gasteiger partial charge in [0.25, 0.3) is 0 Å². The van der Waals surface area contributed by atoms with Crippen molar-refractivity contribution in [3.63, 3.8) is 0 Å². The summed E-state index contributed by atoms with van der Waals surface area (Å²) >= 11 is 0. The Kier molecular flexibility index (Phi) is 7.27. The van der Waals surface area contributed by atoms with E-state index < -0.39 is 0 Å². The Morgan fingerprint density at radius 2 is 1.83 bits per heavy atom. The second kappa shape index (κ2) is 7.61. The summed E-state index contributed by atoms with van der Waals surface area (Å²) in [5.41, 5.74) is 2.41. The standard InChI is InChI=1S/C11H16O.C5H5.Ti/c1-8-5-9(11(2,3)4)7-10(12)6-8;1-2-4-5-3-1;/h5-7,12H,1-4H3;1-3H,4H2;/q;-1;. The average molecular weight is 277 g/mol. The van der Waals surface area contributed by atoms with Gasteiger partial charge in [-0.25, -0.2) is 12.2 Å². The molecule has 0 spiro atoms. The van der Waals surface area contributed by atoms with Gasteiger partial charge in [-0.3, -0.25) is 6.08 Å². The van der Waals surface area contributed by atoms with Gasteiger partial charge in [0.2, 0.25) is 0 Å². The molecule has 1 aromatic carbocycles. The summed E-state index contributed by atoms with van der Waals surface area (Å²) in [6.07, 6.45) is 10.0. The average Bonchev–Trinajstić information content (AvgIpc) is 2.72. The van der Waals surface area contributed by atoms with E-state index in [1.165, 1.54) is 5.56 Å². The molecule has 0 unspecified atom stereocenters. The predicted molar refractivity (Wildman–Crippen MR) is 73.1 cm³/mol. The number of phenols is 1. The Balaban J connectivity index is 0.000000405. The monoisotopic (exact) mass is 277 g/mol. The van der Waals surface area contributed by atoms with E-state index in [1.54, 1.807) is 6.07 Å². The molecule has 1 N–H and O–H groups in total. The van der Waals surface area contributed by atoms with Crippen LogP contribution >= 0.6 is 0 Å². The van der Waals surface area contributed by atoms with Gasteiger partial charge in [0.15, 0.2) is 0 Å². The molecule has 0 amide bonds. The molecule has 0 aliphatic heterocycles. The summed E-state index contributed by atoms with van der Waals surface area (Å²) in [4.78, 5) is 0. The molecule has 18 heavy (non-hydrogen) atoms. The molecule has 1 aliphatic carbocycles. The predicted octanol–water partition coefficient (Wildman–Crippen LogP) is 4.30. The van der Waals surface area contributed by atoms with Gasteiger partial charge in [0.1, 0.15) is 5.75 Å². The first-order chi connectivity index (χ1) is 7.89. The number of allylic oxidation sites excluding steroid dienone is 4. The molecule has 1 aliphatic rings. The minimum atomic E-state index is 0. The van der Waals surface area contributed by atoms with Crippen molar-refractivity contribution in [3.05, 3.63) is 53.6 Å². The van der Waals surface area contributed by atoms with Gasteiger partial charge in [-0.1, -0.05) is 26.8 Å².